The average Bonchev–Trinajstić information content (AvgIpc) is 3.21. The predicted octanol–water partition coefficient (Wildman–Crippen LogP) is 3.92. The SMILES string of the molecule is C=CCC1CC[C@@H](C(=O)OC(C)(C)C)N1.C=CCN(CC(=O)O)C(=O)OCc1ccccc1. The lowest BCUT2D eigenvalue weighted by molar-refractivity contribution is -0.157. The summed E-state index contributed by atoms with van der Waals surface area (Å²) in [4.78, 5) is 35.0. The van der Waals surface area contributed by atoms with Crippen molar-refractivity contribution in [2.45, 2.75) is 64.3 Å². The van der Waals surface area contributed by atoms with Gasteiger partial charge in [0.25, 0.3) is 0 Å². The first-order chi connectivity index (χ1) is 15.6. The number of carbonyl (C=O) groups is 3. The number of nitrogens with zero attached hydrogens (tertiary/aromatic N) is 1. The molecule has 1 aliphatic heterocycles. The maximum Gasteiger partial charge on any atom is 0.410 e. The van der Waals surface area contributed by atoms with Crippen molar-refractivity contribution in [3.05, 3.63) is 61.2 Å². The Morgan fingerprint density at radius 2 is 1.82 bits per heavy atom. The summed E-state index contributed by atoms with van der Waals surface area (Å²) in [5, 5.41) is 11.9. The Morgan fingerprint density at radius 3 is 2.36 bits per heavy atom. The Bertz CT molecular complexity index is 788. The number of amides is 1. The molecule has 1 saturated heterocycles. The largest absolute Gasteiger partial charge is 0.480 e. The first-order valence-electron chi connectivity index (χ1n) is 10.9. The number of carboxylic acids is 1. The fourth-order valence-electron chi connectivity index (χ4n) is 3.10. The van der Waals surface area contributed by atoms with Gasteiger partial charge >= 0.3 is 18.0 Å². The third-order valence-electron chi connectivity index (χ3n) is 4.52. The van der Waals surface area contributed by atoms with E-state index in [1.54, 1.807) is 0 Å². The van der Waals surface area contributed by atoms with Crippen molar-refractivity contribution in [1.82, 2.24) is 10.2 Å². The molecule has 2 atom stereocenters. The summed E-state index contributed by atoms with van der Waals surface area (Å²) in [6.45, 7) is 12.7. The Hall–Kier alpha value is -3.13. The number of benzene rings is 1. The Labute approximate surface area is 196 Å². The zero-order valence-corrected chi connectivity index (χ0v) is 19.8. The fourth-order valence-corrected chi connectivity index (χ4v) is 3.10. The molecule has 1 amide bonds. The van der Waals surface area contributed by atoms with Crippen molar-refractivity contribution >= 4 is 18.0 Å². The molecule has 1 unspecified atom stereocenters. The number of ether oxygens (including phenoxy) is 2. The van der Waals surface area contributed by atoms with Gasteiger partial charge < -0.3 is 19.9 Å². The van der Waals surface area contributed by atoms with Crippen molar-refractivity contribution < 1.29 is 29.0 Å². The maximum absolute atomic E-state index is 11.7. The van der Waals surface area contributed by atoms with Crippen molar-refractivity contribution in [3.63, 3.8) is 0 Å². The molecule has 1 aromatic rings. The molecule has 8 nitrogen and oxygen atoms in total. The van der Waals surface area contributed by atoms with E-state index in [2.05, 4.69) is 18.5 Å². The topological polar surface area (TPSA) is 105 Å². The number of carboxylic acid groups (broad SMARTS) is 1. The van der Waals surface area contributed by atoms with Gasteiger partial charge in [-0.2, -0.15) is 0 Å². The minimum Gasteiger partial charge on any atom is -0.480 e. The van der Waals surface area contributed by atoms with E-state index in [-0.39, 0.29) is 25.2 Å². The highest BCUT2D eigenvalue weighted by Gasteiger charge is 2.31. The summed E-state index contributed by atoms with van der Waals surface area (Å²) in [7, 11) is 0. The molecule has 1 aliphatic rings. The average molecular weight is 461 g/mol. The summed E-state index contributed by atoms with van der Waals surface area (Å²) in [5.74, 6) is -1.22. The Kier molecular flexibility index (Phi) is 11.9. The molecular weight excluding hydrogens is 424 g/mol. The molecule has 1 aromatic carbocycles. The zero-order valence-electron chi connectivity index (χ0n) is 19.8. The number of rotatable bonds is 9. The fraction of sp³-hybridized carbons (Fsp3) is 0.480. The number of nitrogens with one attached hydrogen (secondary N) is 1. The molecule has 0 aromatic heterocycles. The quantitative estimate of drug-likeness (QED) is 0.425. The molecule has 0 bridgehead atoms. The van der Waals surface area contributed by atoms with E-state index in [0.29, 0.717) is 6.04 Å². The van der Waals surface area contributed by atoms with Crippen LogP contribution in [-0.4, -0.2) is 58.8 Å². The van der Waals surface area contributed by atoms with E-state index < -0.39 is 24.2 Å². The lowest BCUT2D eigenvalue weighted by Gasteiger charge is -2.22. The summed E-state index contributed by atoms with van der Waals surface area (Å²) < 4.78 is 10.3. The van der Waals surface area contributed by atoms with Crippen molar-refractivity contribution in [2.75, 3.05) is 13.1 Å². The van der Waals surface area contributed by atoms with E-state index in [1.165, 1.54) is 6.08 Å². The molecule has 0 saturated carbocycles. The second-order valence-electron chi connectivity index (χ2n) is 8.65. The molecule has 2 N–H and O–H groups in total. The standard InChI is InChI=1S/C13H15NO4.C12H21NO2/c1-2-8-14(9-12(15)16)13(17)18-10-11-6-4-3-5-7-11;1-5-6-9-7-8-10(13-9)11(14)15-12(2,3)4/h2-7H,1,8-10H2,(H,15,16);5,9-10,13H,1,6-8H2,2-4H3/t;9?,10-/m.0/s1. The van der Waals surface area contributed by atoms with Gasteiger partial charge in [0.2, 0.25) is 0 Å². The van der Waals surface area contributed by atoms with Gasteiger partial charge in [-0.3, -0.25) is 14.5 Å². The summed E-state index contributed by atoms with van der Waals surface area (Å²) in [6.07, 6.45) is 5.48. The van der Waals surface area contributed by atoms with Crippen molar-refractivity contribution in [2.24, 2.45) is 0 Å². The number of hydrogen-bond acceptors (Lipinski definition) is 6. The predicted molar refractivity (Wildman–Crippen MR) is 127 cm³/mol. The van der Waals surface area contributed by atoms with Crippen LogP contribution in [0.15, 0.2) is 55.6 Å². The number of esters is 1. The van der Waals surface area contributed by atoms with E-state index >= 15 is 0 Å². The second kappa shape index (κ2) is 14.1. The van der Waals surface area contributed by atoms with Crippen LogP contribution >= 0.6 is 0 Å². The highest BCUT2D eigenvalue weighted by Crippen LogP contribution is 2.18. The third-order valence-corrected chi connectivity index (χ3v) is 4.52. The first-order valence-corrected chi connectivity index (χ1v) is 10.9. The lowest BCUT2D eigenvalue weighted by atomic mass is 10.1. The van der Waals surface area contributed by atoms with Gasteiger partial charge in [-0.1, -0.05) is 42.5 Å². The van der Waals surface area contributed by atoms with Gasteiger partial charge in [-0.25, -0.2) is 4.79 Å². The number of carbonyl (C=O) groups excluding carboxylic acids is 2. The van der Waals surface area contributed by atoms with Crippen LogP contribution in [0.25, 0.3) is 0 Å². The van der Waals surface area contributed by atoms with Crippen molar-refractivity contribution in [3.8, 4) is 0 Å². The summed E-state index contributed by atoms with van der Waals surface area (Å²) in [5.41, 5.74) is 0.453. The van der Waals surface area contributed by atoms with Gasteiger partial charge in [0, 0.05) is 12.6 Å². The monoisotopic (exact) mass is 460 g/mol. The zero-order chi connectivity index (χ0) is 24.9. The minimum atomic E-state index is -1.09. The molecule has 182 valence electrons. The normalized spacial score (nSPS) is 17.2. The smallest absolute Gasteiger partial charge is 0.410 e. The van der Waals surface area contributed by atoms with Crippen LogP contribution in [0.2, 0.25) is 0 Å². The van der Waals surface area contributed by atoms with Crippen LogP contribution in [0.4, 0.5) is 4.79 Å². The third kappa shape index (κ3) is 11.9. The molecule has 1 heterocycles. The molecule has 0 aliphatic carbocycles. The Morgan fingerprint density at radius 1 is 1.15 bits per heavy atom. The molecule has 0 radical (unpaired) electrons. The van der Waals surface area contributed by atoms with Crippen LogP contribution in [-0.2, 0) is 25.7 Å². The highest BCUT2D eigenvalue weighted by atomic mass is 16.6. The molecule has 8 heteroatoms. The van der Waals surface area contributed by atoms with Crippen LogP contribution in [0, 0.1) is 0 Å². The van der Waals surface area contributed by atoms with Gasteiger partial charge in [-0.05, 0) is 45.6 Å². The minimum absolute atomic E-state index is 0.118. The van der Waals surface area contributed by atoms with E-state index in [0.717, 1.165) is 29.7 Å². The van der Waals surface area contributed by atoms with Crippen molar-refractivity contribution in [1.29, 1.82) is 0 Å². The van der Waals surface area contributed by atoms with Gasteiger partial charge in [-0.15, -0.1) is 13.2 Å². The first kappa shape index (κ1) is 27.9. The second-order valence-corrected chi connectivity index (χ2v) is 8.65. The van der Waals surface area contributed by atoms with Crippen LogP contribution in [0.5, 0.6) is 0 Å². The van der Waals surface area contributed by atoms with Gasteiger partial charge in [0.1, 0.15) is 24.8 Å². The molecule has 0 spiro atoms. The Balaban J connectivity index is 0.000000335. The highest BCUT2D eigenvalue weighted by molar-refractivity contribution is 5.77. The summed E-state index contributed by atoms with van der Waals surface area (Å²) in [6, 6.07) is 9.43. The number of aliphatic carboxylic acids is 1. The molecule has 33 heavy (non-hydrogen) atoms. The van der Waals surface area contributed by atoms with E-state index in [4.69, 9.17) is 14.6 Å². The van der Waals surface area contributed by atoms with Gasteiger partial charge in [0.15, 0.2) is 0 Å². The maximum atomic E-state index is 11.7. The van der Waals surface area contributed by atoms with Crippen LogP contribution < -0.4 is 5.32 Å². The molecule has 2 rings (SSSR count). The lowest BCUT2D eigenvalue weighted by Crippen LogP contribution is -2.39. The summed E-state index contributed by atoms with van der Waals surface area (Å²) >= 11 is 0. The number of hydrogen-bond donors (Lipinski definition) is 2. The molecule has 1 fully saturated rings. The molecular formula is C25H36N2O6. The van der Waals surface area contributed by atoms with E-state index in [9.17, 15) is 14.4 Å². The van der Waals surface area contributed by atoms with Gasteiger partial charge in [0.05, 0.1) is 0 Å². The van der Waals surface area contributed by atoms with Crippen LogP contribution in [0.3, 0.4) is 0 Å². The van der Waals surface area contributed by atoms with Crippen LogP contribution in [0.1, 0.15) is 45.6 Å². The van der Waals surface area contributed by atoms with E-state index in [1.807, 2.05) is 57.2 Å².